The van der Waals surface area contributed by atoms with Crippen molar-refractivity contribution in [2.75, 3.05) is 11.9 Å². The van der Waals surface area contributed by atoms with E-state index in [1.54, 1.807) is 30.3 Å². The fourth-order valence-corrected chi connectivity index (χ4v) is 4.33. The summed E-state index contributed by atoms with van der Waals surface area (Å²) in [5.74, 6) is -1.03. The molecule has 0 radical (unpaired) electrons. The van der Waals surface area contributed by atoms with Crippen LogP contribution < -0.4 is 5.32 Å². The van der Waals surface area contributed by atoms with Gasteiger partial charge in [0.2, 0.25) is 0 Å². The number of imide groups is 1. The molecule has 0 unspecified atom stereocenters. The molecule has 3 aromatic rings. The van der Waals surface area contributed by atoms with Crippen LogP contribution in [0.5, 0.6) is 0 Å². The minimum atomic E-state index is -0.375. The molecule has 2 aromatic carbocycles. The summed E-state index contributed by atoms with van der Waals surface area (Å²) in [5.41, 5.74) is 3.05. The zero-order chi connectivity index (χ0) is 21.3. The van der Waals surface area contributed by atoms with Gasteiger partial charge in [0, 0.05) is 22.1 Å². The fraction of sp³-hybridized carbons (Fsp3) is 0.130. The van der Waals surface area contributed by atoms with E-state index in [2.05, 4.69) is 5.32 Å². The summed E-state index contributed by atoms with van der Waals surface area (Å²) in [6, 6.07) is 15.0. The normalized spacial score (nSPS) is 14.0. The van der Waals surface area contributed by atoms with Crippen LogP contribution >= 0.6 is 22.9 Å². The average Bonchev–Trinajstić information content (AvgIpc) is 3.31. The van der Waals surface area contributed by atoms with Crippen LogP contribution in [0.15, 0.2) is 65.7 Å². The lowest BCUT2D eigenvalue weighted by molar-refractivity contribution is -0.136. The smallest absolute Gasteiger partial charge is 0.278 e. The maximum Gasteiger partial charge on any atom is 0.278 e. The first-order valence-corrected chi connectivity index (χ1v) is 10.6. The van der Waals surface area contributed by atoms with E-state index >= 15 is 0 Å². The predicted molar refractivity (Wildman–Crippen MR) is 118 cm³/mol. The lowest BCUT2D eigenvalue weighted by Crippen LogP contribution is -2.34. The molecule has 152 valence electrons. The van der Waals surface area contributed by atoms with Crippen LogP contribution in [-0.2, 0) is 16.0 Å². The first-order chi connectivity index (χ1) is 14.4. The number of anilines is 1. The highest BCUT2D eigenvalue weighted by atomic mass is 35.5. The Kier molecular flexibility index (Phi) is 5.70. The van der Waals surface area contributed by atoms with Crippen LogP contribution in [-0.4, -0.2) is 23.3 Å². The molecular formula is C23H18ClFN2O2S. The van der Waals surface area contributed by atoms with Gasteiger partial charge in [-0.15, -0.1) is 11.3 Å². The van der Waals surface area contributed by atoms with Gasteiger partial charge in [-0.25, -0.2) is 4.39 Å². The summed E-state index contributed by atoms with van der Waals surface area (Å²) in [6.07, 6.45) is 0.447. The molecule has 1 N–H and O–H groups in total. The molecule has 0 saturated heterocycles. The summed E-state index contributed by atoms with van der Waals surface area (Å²) < 4.78 is 13.1. The number of carbonyl (C=O) groups is 2. The number of nitrogens with zero attached hydrogens (tertiary/aromatic N) is 1. The van der Waals surface area contributed by atoms with Gasteiger partial charge in [-0.3, -0.25) is 14.5 Å². The maximum absolute atomic E-state index is 13.2. The van der Waals surface area contributed by atoms with Crippen molar-refractivity contribution in [3.05, 3.63) is 92.5 Å². The molecule has 1 aromatic heterocycles. The van der Waals surface area contributed by atoms with Gasteiger partial charge in [-0.2, -0.15) is 0 Å². The Morgan fingerprint density at radius 3 is 2.50 bits per heavy atom. The standard InChI is InChI=1S/C23H18ClFN2O2S/c1-14-13-16(24)6-9-18(14)26-21-20(19-3-2-12-30-19)22(28)27(23(21)29)11-10-15-4-7-17(25)8-5-15/h2-9,12-13,26H,10-11H2,1H3. The van der Waals surface area contributed by atoms with Crippen molar-refractivity contribution in [2.24, 2.45) is 0 Å². The number of rotatable bonds is 6. The zero-order valence-corrected chi connectivity index (χ0v) is 17.7. The van der Waals surface area contributed by atoms with Gasteiger partial charge in [0.1, 0.15) is 11.5 Å². The molecule has 0 bridgehead atoms. The number of nitrogens with one attached hydrogen (secondary N) is 1. The lowest BCUT2D eigenvalue weighted by atomic mass is 10.1. The van der Waals surface area contributed by atoms with Crippen LogP contribution in [0.1, 0.15) is 16.0 Å². The molecule has 2 amide bonds. The molecule has 4 nitrogen and oxygen atoms in total. The summed E-state index contributed by atoms with van der Waals surface area (Å²) in [5, 5.41) is 5.62. The molecular weight excluding hydrogens is 423 g/mol. The van der Waals surface area contributed by atoms with Crippen molar-refractivity contribution >= 4 is 46.0 Å². The van der Waals surface area contributed by atoms with Crippen LogP contribution in [0.4, 0.5) is 10.1 Å². The van der Waals surface area contributed by atoms with E-state index < -0.39 is 0 Å². The second kappa shape index (κ2) is 8.42. The number of halogens is 2. The highest BCUT2D eigenvalue weighted by molar-refractivity contribution is 7.11. The number of amides is 2. The van der Waals surface area contributed by atoms with Crippen molar-refractivity contribution in [3.63, 3.8) is 0 Å². The van der Waals surface area contributed by atoms with Gasteiger partial charge in [0.25, 0.3) is 11.8 Å². The molecule has 1 aliphatic rings. The number of aryl methyl sites for hydroxylation is 1. The monoisotopic (exact) mass is 440 g/mol. The van der Waals surface area contributed by atoms with Gasteiger partial charge in [0.05, 0.1) is 5.57 Å². The van der Waals surface area contributed by atoms with Crippen molar-refractivity contribution < 1.29 is 14.0 Å². The Labute approximate surface area is 182 Å². The molecule has 0 saturated carbocycles. The molecule has 30 heavy (non-hydrogen) atoms. The Morgan fingerprint density at radius 1 is 1.07 bits per heavy atom. The number of carbonyl (C=O) groups excluding carboxylic acids is 2. The van der Waals surface area contributed by atoms with Crippen LogP contribution in [0, 0.1) is 12.7 Å². The highest BCUT2D eigenvalue weighted by Crippen LogP contribution is 2.33. The molecule has 2 heterocycles. The van der Waals surface area contributed by atoms with Gasteiger partial charge in [-0.05, 0) is 66.2 Å². The summed E-state index contributed by atoms with van der Waals surface area (Å²) in [6.45, 7) is 2.09. The third kappa shape index (κ3) is 4.01. The van der Waals surface area contributed by atoms with E-state index in [0.717, 1.165) is 16.0 Å². The second-order valence-corrected chi connectivity index (χ2v) is 8.33. The van der Waals surface area contributed by atoms with Crippen molar-refractivity contribution in [2.45, 2.75) is 13.3 Å². The molecule has 0 fully saturated rings. The fourth-order valence-electron chi connectivity index (χ4n) is 3.34. The number of thiophene rings is 1. The maximum atomic E-state index is 13.2. The minimum Gasteiger partial charge on any atom is -0.350 e. The molecule has 0 aliphatic carbocycles. The third-order valence-corrected chi connectivity index (χ3v) is 6.04. The SMILES string of the molecule is Cc1cc(Cl)ccc1NC1=C(c2cccs2)C(=O)N(CCc2ccc(F)cc2)C1=O. The molecule has 0 atom stereocenters. The van der Waals surface area contributed by atoms with E-state index in [-0.39, 0.29) is 29.9 Å². The molecule has 4 rings (SSSR count). The number of benzene rings is 2. The quantitative estimate of drug-likeness (QED) is 0.530. The summed E-state index contributed by atoms with van der Waals surface area (Å²) in [4.78, 5) is 28.3. The van der Waals surface area contributed by atoms with Crippen LogP contribution in [0.2, 0.25) is 5.02 Å². The minimum absolute atomic E-state index is 0.211. The number of hydrogen-bond acceptors (Lipinski definition) is 4. The van der Waals surface area contributed by atoms with Gasteiger partial charge < -0.3 is 5.32 Å². The van der Waals surface area contributed by atoms with Crippen molar-refractivity contribution in [3.8, 4) is 0 Å². The molecule has 1 aliphatic heterocycles. The third-order valence-electron chi connectivity index (χ3n) is 4.92. The van der Waals surface area contributed by atoms with E-state index in [0.29, 0.717) is 22.7 Å². The summed E-state index contributed by atoms with van der Waals surface area (Å²) in [7, 11) is 0. The van der Waals surface area contributed by atoms with E-state index in [4.69, 9.17) is 11.6 Å². The Hall–Kier alpha value is -2.96. The Bertz CT molecular complexity index is 1140. The lowest BCUT2D eigenvalue weighted by Gasteiger charge is -2.15. The summed E-state index contributed by atoms with van der Waals surface area (Å²) >= 11 is 7.44. The largest absolute Gasteiger partial charge is 0.350 e. The molecule has 7 heteroatoms. The van der Waals surface area contributed by atoms with Crippen LogP contribution in [0.3, 0.4) is 0 Å². The van der Waals surface area contributed by atoms with E-state index in [1.165, 1.54) is 28.4 Å². The van der Waals surface area contributed by atoms with Gasteiger partial charge in [0.15, 0.2) is 0 Å². The van der Waals surface area contributed by atoms with Crippen molar-refractivity contribution in [1.82, 2.24) is 4.90 Å². The Morgan fingerprint density at radius 2 is 1.83 bits per heavy atom. The average molecular weight is 441 g/mol. The topological polar surface area (TPSA) is 49.4 Å². The number of hydrogen-bond donors (Lipinski definition) is 1. The first-order valence-electron chi connectivity index (χ1n) is 9.36. The van der Waals surface area contributed by atoms with Crippen molar-refractivity contribution in [1.29, 1.82) is 0 Å². The van der Waals surface area contributed by atoms with Gasteiger partial charge in [-0.1, -0.05) is 29.8 Å². The zero-order valence-electron chi connectivity index (χ0n) is 16.1. The van der Waals surface area contributed by atoms with Crippen LogP contribution in [0.25, 0.3) is 5.57 Å². The predicted octanol–water partition coefficient (Wildman–Crippen LogP) is 5.28. The molecule has 0 spiro atoms. The Balaban J connectivity index is 1.63. The van der Waals surface area contributed by atoms with E-state index in [9.17, 15) is 14.0 Å². The van der Waals surface area contributed by atoms with E-state index in [1.807, 2.05) is 24.4 Å². The highest BCUT2D eigenvalue weighted by Gasteiger charge is 2.39. The first kappa shape index (κ1) is 20.3. The van der Waals surface area contributed by atoms with Gasteiger partial charge >= 0.3 is 0 Å². The second-order valence-electron chi connectivity index (χ2n) is 6.95.